The minimum Gasteiger partial charge on any atom is -0.444 e. The summed E-state index contributed by atoms with van der Waals surface area (Å²) in [6, 6.07) is 10.0. The molecule has 2 aromatic rings. The van der Waals surface area contributed by atoms with Gasteiger partial charge in [0.1, 0.15) is 17.0 Å². The van der Waals surface area contributed by atoms with Crippen LogP contribution in [0.4, 0.5) is 19.7 Å². The number of piperidine rings is 1. The number of carbonyl (C=O) groups is 4. The largest absolute Gasteiger partial charge is 0.444 e. The van der Waals surface area contributed by atoms with Gasteiger partial charge < -0.3 is 24.2 Å². The molecule has 0 N–H and O–H groups in total. The van der Waals surface area contributed by atoms with E-state index in [4.69, 9.17) is 32.7 Å². The number of hydrogen-bond acceptors (Lipinski definition) is 7. The maximum Gasteiger partial charge on any atom is 0.410 e. The van der Waals surface area contributed by atoms with Gasteiger partial charge in [-0.25, -0.2) is 14.0 Å². The second-order valence-corrected chi connectivity index (χ2v) is 18.0. The van der Waals surface area contributed by atoms with Crippen molar-refractivity contribution in [1.82, 2.24) is 9.80 Å². The van der Waals surface area contributed by atoms with Crippen LogP contribution in [0.15, 0.2) is 36.4 Å². The maximum absolute atomic E-state index is 12.6. The van der Waals surface area contributed by atoms with Gasteiger partial charge in [0, 0.05) is 59.6 Å². The highest BCUT2D eigenvalue weighted by molar-refractivity contribution is 6.31. The number of aldehydes is 2. The molecule has 1 saturated carbocycles. The number of halogens is 3. The van der Waals surface area contributed by atoms with Crippen LogP contribution in [-0.2, 0) is 9.47 Å². The molecular formula is C43H60Cl2FN3O6. The molecule has 2 unspecified atom stereocenters. The first-order chi connectivity index (χ1) is 26.0. The SMILES string of the molecule is CC(C)(C)OC(=O)N1CCCC1C1CCCCC1.CC(C)(C)OC(=O)N1CCCC1C1CCN(c2cc(Cl)ccc2C=O)CC1.O=Cc1ccc(Cl)cc1F. The molecule has 9 nitrogen and oxygen atoms in total. The van der Waals surface area contributed by atoms with Crippen LogP contribution in [0.25, 0.3) is 0 Å². The lowest BCUT2D eigenvalue weighted by atomic mass is 9.83. The van der Waals surface area contributed by atoms with Gasteiger partial charge >= 0.3 is 12.2 Å². The van der Waals surface area contributed by atoms with Crippen LogP contribution in [0.1, 0.15) is 133 Å². The van der Waals surface area contributed by atoms with Crippen LogP contribution in [0.3, 0.4) is 0 Å². The van der Waals surface area contributed by atoms with Crippen molar-refractivity contribution < 1.29 is 33.0 Å². The van der Waals surface area contributed by atoms with Crippen LogP contribution < -0.4 is 4.90 Å². The molecule has 0 radical (unpaired) electrons. The first-order valence-corrected chi connectivity index (χ1v) is 20.6. The fourth-order valence-electron chi connectivity index (χ4n) is 8.19. The van der Waals surface area contributed by atoms with Gasteiger partial charge in [-0.1, -0.05) is 42.5 Å². The number of likely N-dealkylation sites (tertiary alicyclic amines) is 2. The summed E-state index contributed by atoms with van der Waals surface area (Å²) in [5.41, 5.74) is 0.771. The molecule has 304 valence electrons. The number of anilines is 1. The normalized spacial score (nSPS) is 20.9. The van der Waals surface area contributed by atoms with Gasteiger partial charge in [-0.05, 0) is 141 Å². The highest BCUT2D eigenvalue weighted by atomic mass is 35.5. The molecule has 12 heteroatoms. The Labute approximate surface area is 337 Å². The minimum absolute atomic E-state index is 0.0319. The fourth-order valence-corrected chi connectivity index (χ4v) is 8.52. The Morgan fingerprint density at radius 2 is 1.09 bits per heavy atom. The first kappa shape index (κ1) is 44.3. The predicted octanol–water partition coefficient (Wildman–Crippen LogP) is 11.0. The topological polar surface area (TPSA) is 96.5 Å². The molecule has 0 bridgehead atoms. The number of benzene rings is 2. The second-order valence-electron chi connectivity index (χ2n) is 17.1. The van der Waals surface area contributed by atoms with Crippen LogP contribution in [0.2, 0.25) is 10.0 Å². The summed E-state index contributed by atoms with van der Waals surface area (Å²) in [6.07, 6.45) is 14.1. The molecule has 3 heterocycles. The molecule has 55 heavy (non-hydrogen) atoms. The third-order valence-corrected chi connectivity index (χ3v) is 11.2. The highest BCUT2D eigenvalue weighted by Crippen LogP contribution is 2.36. The summed E-state index contributed by atoms with van der Waals surface area (Å²) >= 11 is 11.5. The van der Waals surface area contributed by atoms with Crippen LogP contribution in [0, 0.1) is 17.7 Å². The number of nitrogens with zero attached hydrogens (tertiary/aromatic N) is 3. The van der Waals surface area contributed by atoms with Crippen molar-refractivity contribution in [3.05, 3.63) is 63.4 Å². The number of rotatable bonds is 5. The van der Waals surface area contributed by atoms with Crippen LogP contribution in [-0.4, -0.2) is 84.0 Å². The van der Waals surface area contributed by atoms with Gasteiger partial charge in [0.05, 0.1) is 5.56 Å². The lowest BCUT2D eigenvalue weighted by Gasteiger charge is -2.39. The van der Waals surface area contributed by atoms with Crippen molar-refractivity contribution in [3.8, 4) is 0 Å². The third-order valence-electron chi connectivity index (χ3n) is 10.7. The molecule has 4 aliphatic rings. The van der Waals surface area contributed by atoms with Crippen molar-refractivity contribution >= 4 is 53.6 Å². The number of hydrogen-bond donors (Lipinski definition) is 0. The summed E-state index contributed by atoms with van der Waals surface area (Å²) in [4.78, 5) is 52.4. The molecule has 1 aliphatic carbocycles. The van der Waals surface area contributed by atoms with Crippen LogP contribution in [0.5, 0.6) is 0 Å². The zero-order chi connectivity index (χ0) is 40.3. The zero-order valence-electron chi connectivity index (χ0n) is 33.5. The van der Waals surface area contributed by atoms with E-state index in [-0.39, 0.29) is 29.4 Å². The van der Waals surface area contributed by atoms with Crippen molar-refractivity contribution in [3.63, 3.8) is 0 Å². The average Bonchev–Trinajstić information content (AvgIpc) is 3.83. The molecular weight excluding hydrogens is 744 g/mol. The van der Waals surface area contributed by atoms with E-state index in [0.29, 0.717) is 39.8 Å². The third kappa shape index (κ3) is 13.4. The van der Waals surface area contributed by atoms with Crippen molar-refractivity contribution in [1.29, 1.82) is 0 Å². The van der Waals surface area contributed by atoms with Crippen LogP contribution >= 0.6 is 23.2 Å². The Hall–Kier alpha value is -3.37. The molecule has 6 rings (SSSR count). The second kappa shape index (κ2) is 20.2. The smallest absolute Gasteiger partial charge is 0.410 e. The minimum atomic E-state index is -0.581. The predicted molar refractivity (Wildman–Crippen MR) is 217 cm³/mol. The highest BCUT2D eigenvalue weighted by Gasteiger charge is 2.39. The van der Waals surface area contributed by atoms with Crippen molar-refractivity contribution in [2.75, 3.05) is 31.1 Å². The fraction of sp³-hybridized carbons (Fsp3) is 0.628. The number of amides is 2. The van der Waals surface area contributed by atoms with E-state index < -0.39 is 11.4 Å². The Morgan fingerprint density at radius 3 is 1.55 bits per heavy atom. The maximum atomic E-state index is 12.6. The summed E-state index contributed by atoms with van der Waals surface area (Å²) < 4.78 is 23.7. The van der Waals surface area contributed by atoms with Crippen molar-refractivity contribution in [2.24, 2.45) is 11.8 Å². The Morgan fingerprint density at radius 1 is 0.636 bits per heavy atom. The number of carbonyl (C=O) groups excluding carboxylic acids is 4. The van der Waals surface area contributed by atoms with E-state index in [9.17, 15) is 23.6 Å². The number of ether oxygens (including phenoxy) is 2. The van der Waals surface area contributed by atoms with Gasteiger partial charge in [-0.2, -0.15) is 0 Å². The van der Waals surface area contributed by atoms with Gasteiger partial charge in [0.15, 0.2) is 12.6 Å². The standard InChI is InChI=1S/C21H29ClN2O3.C15H27NO2.C7H4ClFO/c1-21(2,3)27-20(26)24-10-4-5-18(24)15-8-11-23(12-9-15)19-13-17(22)7-6-16(19)14-25;1-15(2,3)18-14(17)16-11-7-10-13(16)12-8-5-4-6-9-12;8-6-2-1-5(4-10)7(9)3-6/h6-7,13-15,18H,4-5,8-12H2,1-3H3;12-13H,4-11H2,1-3H3;1-4H. The Balaban J connectivity index is 0.000000205. The molecule has 2 amide bonds. The summed E-state index contributed by atoms with van der Waals surface area (Å²) in [7, 11) is 0. The summed E-state index contributed by atoms with van der Waals surface area (Å²) in [5.74, 6) is 0.603. The molecule has 2 atom stereocenters. The van der Waals surface area contributed by atoms with E-state index >= 15 is 0 Å². The summed E-state index contributed by atoms with van der Waals surface area (Å²) in [5, 5.41) is 0.938. The lowest BCUT2D eigenvalue weighted by molar-refractivity contribution is 0.0150. The first-order valence-electron chi connectivity index (χ1n) is 19.9. The molecule has 3 aliphatic heterocycles. The average molecular weight is 805 g/mol. The molecule has 4 fully saturated rings. The van der Waals surface area contributed by atoms with E-state index in [1.807, 2.05) is 57.4 Å². The molecule has 0 aromatic heterocycles. The molecule has 3 saturated heterocycles. The van der Waals surface area contributed by atoms with E-state index in [1.165, 1.54) is 50.7 Å². The Kier molecular flexibility index (Phi) is 16.3. The zero-order valence-corrected chi connectivity index (χ0v) is 35.0. The lowest BCUT2D eigenvalue weighted by Crippen LogP contribution is -2.46. The van der Waals surface area contributed by atoms with E-state index in [0.717, 1.165) is 76.3 Å². The molecule has 2 aromatic carbocycles. The van der Waals surface area contributed by atoms with Crippen molar-refractivity contribution in [2.45, 2.75) is 135 Å². The van der Waals surface area contributed by atoms with E-state index in [2.05, 4.69) is 4.90 Å². The van der Waals surface area contributed by atoms with E-state index in [1.54, 1.807) is 12.1 Å². The molecule has 0 spiro atoms. The van der Waals surface area contributed by atoms with Gasteiger partial charge in [-0.15, -0.1) is 0 Å². The summed E-state index contributed by atoms with van der Waals surface area (Å²) in [6.45, 7) is 14.9. The van der Waals surface area contributed by atoms with Gasteiger partial charge in [-0.3, -0.25) is 9.59 Å². The van der Waals surface area contributed by atoms with Gasteiger partial charge in [0.25, 0.3) is 0 Å². The van der Waals surface area contributed by atoms with Gasteiger partial charge in [0.2, 0.25) is 0 Å². The Bertz CT molecular complexity index is 1600. The quantitative estimate of drug-likeness (QED) is 0.278. The monoisotopic (exact) mass is 803 g/mol.